The number of piperazine rings is 1. The minimum Gasteiger partial charge on any atom is -0.314 e. The van der Waals surface area contributed by atoms with Crippen LogP contribution in [0.3, 0.4) is 0 Å². The molecular formula is C14H36N2. The van der Waals surface area contributed by atoms with Crippen LogP contribution in [0, 0.1) is 0 Å². The van der Waals surface area contributed by atoms with Gasteiger partial charge in [-0.2, -0.15) is 0 Å². The second-order valence-electron chi connectivity index (χ2n) is 3.18. The molecule has 0 radical (unpaired) electrons. The topological polar surface area (TPSA) is 15.3 Å². The van der Waals surface area contributed by atoms with E-state index in [-0.39, 0.29) is 0 Å². The van der Waals surface area contributed by atoms with Crippen molar-refractivity contribution in [2.75, 3.05) is 32.7 Å². The summed E-state index contributed by atoms with van der Waals surface area (Å²) >= 11 is 0. The van der Waals surface area contributed by atoms with E-state index in [4.69, 9.17) is 0 Å². The fraction of sp³-hybridized carbons (Fsp3) is 1.00. The molecule has 1 saturated heterocycles. The molecule has 1 aliphatic rings. The lowest BCUT2D eigenvalue weighted by molar-refractivity contribution is 0.253. The number of nitrogens with zero attached hydrogens (tertiary/aromatic N) is 1. The third-order valence-electron chi connectivity index (χ3n) is 2.16. The Hall–Kier alpha value is -0.0800. The Morgan fingerprint density at radius 3 is 1.38 bits per heavy atom. The van der Waals surface area contributed by atoms with Crippen LogP contribution in [0.2, 0.25) is 0 Å². The summed E-state index contributed by atoms with van der Waals surface area (Å²) in [6.45, 7) is 20.6. The zero-order valence-corrected chi connectivity index (χ0v) is 12.9. The van der Waals surface area contributed by atoms with Crippen LogP contribution < -0.4 is 5.32 Å². The molecule has 1 heterocycles. The van der Waals surface area contributed by atoms with Gasteiger partial charge >= 0.3 is 0 Å². The molecule has 1 aliphatic heterocycles. The SMILES string of the molecule is CC.CC.CCCC.CCN1CCNCC1. The molecule has 0 spiro atoms. The minimum absolute atomic E-state index is 1.17. The summed E-state index contributed by atoms with van der Waals surface area (Å²) in [5, 5.41) is 3.31. The number of nitrogens with one attached hydrogen (secondary N) is 1. The maximum Gasteiger partial charge on any atom is 0.0107 e. The Morgan fingerprint density at radius 1 is 0.812 bits per heavy atom. The fourth-order valence-corrected chi connectivity index (χ4v) is 1.03. The lowest BCUT2D eigenvalue weighted by Gasteiger charge is -2.25. The molecular weight excluding hydrogens is 196 g/mol. The van der Waals surface area contributed by atoms with E-state index in [1.165, 1.54) is 45.6 Å². The third kappa shape index (κ3) is 19.5. The molecule has 0 atom stereocenters. The molecule has 1 N–H and O–H groups in total. The van der Waals surface area contributed by atoms with Crippen LogP contribution >= 0.6 is 0 Å². The zero-order valence-electron chi connectivity index (χ0n) is 12.9. The summed E-state index contributed by atoms with van der Waals surface area (Å²) in [4.78, 5) is 2.45. The van der Waals surface area contributed by atoms with Gasteiger partial charge in [0.1, 0.15) is 0 Å². The second kappa shape index (κ2) is 24.2. The first-order valence-corrected chi connectivity index (χ1v) is 7.28. The van der Waals surface area contributed by atoms with Crippen molar-refractivity contribution in [3.8, 4) is 0 Å². The Kier molecular flexibility index (Phi) is 32.2. The summed E-state index contributed by atoms with van der Waals surface area (Å²) < 4.78 is 0. The van der Waals surface area contributed by atoms with E-state index in [2.05, 4.69) is 31.0 Å². The highest BCUT2D eigenvalue weighted by Gasteiger charge is 2.04. The van der Waals surface area contributed by atoms with Gasteiger partial charge in [-0.1, -0.05) is 61.3 Å². The first-order valence-electron chi connectivity index (χ1n) is 7.28. The number of hydrogen-bond donors (Lipinski definition) is 1. The van der Waals surface area contributed by atoms with E-state index in [9.17, 15) is 0 Å². The fourth-order valence-electron chi connectivity index (χ4n) is 1.03. The highest BCUT2D eigenvalue weighted by atomic mass is 15.2. The molecule has 1 rings (SSSR count). The van der Waals surface area contributed by atoms with E-state index in [1.54, 1.807) is 0 Å². The van der Waals surface area contributed by atoms with Gasteiger partial charge in [-0.05, 0) is 6.54 Å². The first kappa shape index (κ1) is 21.2. The Morgan fingerprint density at radius 2 is 1.19 bits per heavy atom. The molecule has 0 aromatic rings. The quantitative estimate of drug-likeness (QED) is 0.779. The molecule has 0 aromatic carbocycles. The van der Waals surface area contributed by atoms with Crippen LogP contribution in [-0.4, -0.2) is 37.6 Å². The molecule has 0 unspecified atom stereocenters. The Balaban J connectivity index is -0.000000181. The van der Waals surface area contributed by atoms with Gasteiger partial charge in [-0.15, -0.1) is 0 Å². The summed E-state index contributed by atoms with van der Waals surface area (Å²) in [7, 11) is 0. The van der Waals surface area contributed by atoms with Gasteiger partial charge in [0.15, 0.2) is 0 Å². The molecule has 2 nitrogen and oxygen atoms in total. The number of likely N-dealkylation sites (N-methyl/N-ethyl adjacent to an activating group) is 1. The molecule has 0 aliphatic carbocycles. The Bertz CT molecular complexity index is 76.8. The van der Waals surface area contributed by atoms with E-state index in [0.717, 1.165) is 0 Å². The average Bonchev–Trinajstić information content (AvgIpc) is 2.44. The zero-order chi connectivity index (χ0) is 13.2. The maximum absolute atomic E-state index is 3.31. The van der Waals surface area contributed by atoms with E-state index in [1.807, 2.05) is 27.7 Å². The van der Waals surface area contributed by atoms with Crippen molar-refractivity contribution < 1.29 is 0 Å². The molecule has 16 heavy (non-hydrogen) atoms. The Labute approximate surface area is 105 Å². The van der Waals surface area contributed by atoms with Crippen molar-refractivity contribution in [1.29, 1.82) is 0 Å². The van der Waals surface area contributed by atoms with E-state index in [0.29, 0.717) is 0 Å². The largest absolute Gasteiger partial charge is 0.314 e. The third-order valence-corrected chi connectivity index (χ3v) is 2.16. The molecule has 102 valence electrons. The van der Waals surface area contributed by atoms with Crippen molar-refractivity contribution in [3.05, 3.63) is 0 Å². The standard InChI is InChI=1S/C6H14N2.C4H10.2C2H6/c1-2-8-5-3-7-4-6-8;1-3-4-2;2*1-2/h7H,2-6H2,1H3;3-4H2,1-2H3;2*1-2H3. The van der Waals surface area contributed by atoms with Crippen molar-refractivity contribution in [1.82, 2.24) is 10.2 Å². The van der Waals surface area contributed by atoms with Crippen LogP contribution in [0.4, 0.5) is 0 Å². The van der Waals surface area contributed by atoms with Gasteiger partial charge in [0, 0.05) is 26.2 Å². The van der Waals surface area contributed by atoms with Crippen molar-refractivity contribution in [2.45, 2.75) is 61.3 Å². The molecule has 2 heteroatoms. The normalized spacial score (nSPS) is 14.4. The van der Waals surface area contributed by atoms with Crippen LogP contribution in [-0.2, 0) is 0 Å². The van der Waals surface area contributed by atoms with Gasteiger partial charge < -0.3 is 10.2 Å². The highest BCUT2D eigenvalue weighted by molar-refractivity contribution is 4.64. The van der Waals surface area contributed by atoms with Gasteiger partial charge in [-0.25, -0.2) is 0 Å². The van der Waals surface area contributed by atoms with Gasteiger partial charge in [0.2, 0.25) is 0 Å². The van der Waals surface area contributed by atoms with Crippen molar-refractivity contribution in [2.24, 2.45) is 0 Å². The van der Waals surface area contributed by atoms with Gasteiger partial charge in [-0.3, -0.25) is 0 Å². The van der Waals surface area contributed by atoms with Crippen molar-refractivity contribution in [3.63, 3.8) is 0 Å². The monoisotopic (exact) mass is 232 g/mol. The summed E-state index contributed by atoms with van der Waals surface area (Å²) in [5.74, 6) is 0. The summed E-state index contributed by atoms with van der Waals surface area (Å²) in [5.41, 5.74) is 0. The molecule has 0 aromatic heterocycles. The molecule has 1 fully saturated rings. The van der Waals surface area contributed by atoms with Crippen LogP contribution in [0.1, 0.15) is 61.3 Å². The van der Waals surface area contributed by atoms with Crippen LogP contribution in [0.25, 0.3) is 0 Å². The summed E-state index contributed by atoms with van der Waals surface area (Å²) in [6, 6.07) is 0. The predicted octanol–water partition coefficient (Wildman–Crippen LogP) is 3.77. The highest BCUT2D eigenvalue weighted by Crippen LogP contribution is 1.88. The van der Waals surface area contributed by atoms with Gasteiger partial charge in [0.25, 0.3) is 0 Å². The smallest absolute Gasteiger partial charge is 0.0107 e. The van der Waals surface area contributed by atoms with E-state index >= 15 is 0 Å². The summed E-state index contributed by atoms with van der Waals surface area (Å²) in [6.07, 6.45) is 2.64. The number of hydrogen-bond acceptors (Lipinski definition) is 2. The van der Waals surface area contributed by atoms with Crippen molar-refractivity contribution >= 4 is 0 Å². The van der Waals surface area contributed by atoms with E-state index < -0.39 is 0 Å². The first-order chi connectivity index (χ1) is 7.85. The second-order valence-corrected chi connectivity index (χ2v) is 3.18. The average molecular weight is 232 g/mol. The lowest BCUT2D eigenvalue weighted by atomic mass is 10.4. The molecule has 0 amide bonds. The molecule has 0 bridgehead atoms. The minimum atomic E-state index is 1.17. The van der Waals surface area contributed by atoms with Gasteiger partial charge in [0.05, 0.1) is 0 Å². The maximum atomic E-state index is 3.31. The number of rotatable bonds is 2. The van der Waals surface area contributed by atoms with Crippen LogP contribution in [0.15, 0.2) is 0 Å². The van der Waals surface area contributed by atoms with Crippen LogP contribution in [0.5, 0.6) is 0 Å². The molecule has 0 saturated carbocycles. The number of unbranched alkanes of at least 4 members (excludes halogenated alkanes) is 1. The predicted molar refractivity (Wildman–Crippen MR) is 78.3 cm³/mol. The lowest BCUT2D eigenvalue weighted by Crippen LogP contribution is -2.43.